The van der Waals surface area contributed by atoms with E-state index in [4.69, 9.17) is 16.1 Å². The number of halogens is 2. The minimum Gasteiger partial charge on any atom is -0.356 e. The summed E-state index contributed by atoms with van der Waals surface area (Å²) in [4.78, 5) is 15.7. The summed E-state index contributed by atoms with van der Waals surface area (Å²) in [6.45, 7) is 4.32. The van der Waals surface area contributed by atoms with Crippen LogP contribution in [0.5, 0.6) is 0 Å². The van der Waals surface area contributed by atoms with Crippen molar-refractivity contribution >= 4 is 47.4 Å². The molecule has 0 unspecified atom stereocenters. The van der Waals surface area contributed by atoms with Gasteiger partial charge in [-0.15, -0.1) is 24.0 Å². The molecule has 4 rings (SSSR count). The number of rotatable bonds is 5. The fraction of sp³-hybridized carbons (Fsp3) is 0.364. The van der Waals surface area contributed by atoms with Crippen molar-refractivity contribution in [3.63, 3.8) is 0 Å². The van der Waals surface area contributed by atoms with Crippen molar-refractivity contribution in [2.45, 2.75) is 32.4 Å². The Labute approximate surface area is 209 Å². The molecule has 2 N–H and O–H groups in total. The highest BCUT2D eigenvalue weighted by atomic mass is 127. The number of nitrogens with zero attached hydrogens (tertiary/aromatic N) is 5. The molecular weight excluding hydrogens is 541 g/mol. The summed E-state index contributed by atoms with van der Waals surface area (Å²) in [5.41, 5.74) is 1.86. The number of guanidine groups is 1. The van der Waals surface area contributed by atoms with E-state index >= 15 is 0 Å². The predicted molar refractivity (Wildman–Crippen MR) is 138 cm³/mol. The summed E-state index contributed by atoms with van der Waals surface area (Å²) < 4.78 is 5.35. The number of hydrogen-bond acceptors (Lipinski definition) is 6. The maximum atomic E-state index is 6.04. The third kappa shape index (κ3) is 6.32. The molecule has 0 saturated carbocycles. The molecule has 0 amide bonds. The highest BCUT2D eigenvalue weighted by Crippen LogP contribution is 2.20. The first-order chi connectivity index (χ1) is 15.1. The van der Waals surface area contributed by atoms with E-state index in [1.807, 2.05) is 37.3 Å². The predicted octanol–water partition coefficient (Wildman–Crippen LogP) is 4.05. The van der Waals surface area contributed by atoms with E-state index in [2.05, 4.69) is 47.8 Å². The fourth-order valence-electron chi connectivity index (χ4n) is 3.58. The van der Waals surface area contributed by atoms with E-state index in [0.29, 0.717) is 29.3 Å². The summed E-state index contributed by atoms with van der Waals surface area (Å²) in [7, 11) is 1.76. The van der Waals surface area contributed by atoms with Gasteiger partial charge < -0.3 is 20.1 Å². The topological polar surface area (TPSA) is 91.5 Å². The van der Waals surface area contributed by atoms with Gasteiger partial charge in [-0.1, -0.05) is 35.0 Å². The van der Waals surface area contributed by atoms with Crippen LogP contribution in [0.25, 0.3) is 11.4 Å². The molecule has 3 heterocycles. The number of nitrogens with one attached hydrogen (secondary N) is 2. The van der Waals surface area contributed by atoms with Gasteiger partial charge >= 0.3 is 0 Å². The first-order valence-corrected chi connectivity index (χ1v) is 10.7. The molecule has 1 aliphatic rings. The molecule has 3 aromatic rings. The van der Waals surface area contributed by atoms with Crippen LogP contribution in [0.4, 0.5) is 5.82 Å². The van der Waals surface area contributed by atoms with Gasteiger partial charge in [0.05, 0.1) is 6.54 Å². The lowest BCUT2D eigenvalue weighted by Gasteiger charge is -2.33. The number of anilines is 1. The Balaban J connectivity index is 0.00000289. The summed E-state index contributed by atoms with van der Waals surface area (Å²) in [6.07, 6.45) is 2.02. The van der Waals surface area contributed by atoms with E-state index in [1.165, 1.54) is 0 Å². The van der Waals surface area contributed by atoms with Crippen molar-refractivity contribution in [1.29, 1.82) is 0 Å². The normalized spacial score (nSPS) is 14.7. The molecule has 0 bridgehead atoms. The molecular formula is C22H27ClIN7O. The van der Waals surface area contributed by atoms with Crippen molar-refractivity contribution in [1.82, 2.24) is 25.8 Å². The van der Waals surface area contributed by atoms with Crippen LogP contribution >= 0.6 is 35.6 Å². The molecule has 170 valence electrons. The number of aromatic nitrogens is 3. The largest absolute Gasteiger partial charge is 0.356 e. The molecule has 32 heavy (non-hydrogen) atoms. The zero-order valence-electron chi connectivity index (χ0n) is 18.1. The van der Waals surface area contributed by atoms with Crippen molar-refractivity contribution in [2.24, 2.45) is 4.99 Å². The summed E-state index contributed by atoms with van der Waals surface area (Å²) >= 11 is 6.04. The fourth-order valence-corrected chi connectivity index (χ4v) is 3.77. The molecule has 0 spiro atoms. The van der Waals surface area contributed by atoms with Gasteiger partial charge in [0, 0.05) is 42.5 Å². The molecule has 1 aliphatic heterocycles. The molecule has 0 atom stereocenters. The molecule has 1 fully saturated rings. The van der Waals surface area contributed by atoms with Crippen LogP contribution in [-0.2, 0) is 6.54 Å². The van der Waals surface area contributed by atoms with Crippen LogP contribution in [0.2, 0.25) is 5.02 Å². The van der Waals surface area contributed by atoms with Gasteiger partial charge in [-0.2, -0.15) is 4.98 Å². The first-order valence-electron chi connectivity index (χ1n) is 10.3. The number of hydrogen-bond donors (Lipinski definition) is 2. The third-order valence-electron chi connectivity index (χ3n) is 5.21. The van der Waals surface area contributed by atoms with Crippen LogP contribution in [0.3, 0.4) is 0 Å². The van der Waals surface area contributed by atoms with Crippen molar-refractivity contribution in [2.75, 3.05) is 25.0 Å². The van der Waals surface area contributed by atoms with Gasteiger partial charge in [-0.05, 0) is 44.0 Å². The minimum absolute atomic E-state index is 0. The average Bonchev–Trinajstić information content (AvgIpc) is 3.26. The second-order valence-electron chi connectivity index (χ2n) is 7.49. The quantitative estimate of drug-likeness (QED) is 0.273. The van der Waals surface area contributed by atoms with Crippen LogP contribution in [0.1, 0.15) is 24.4 Å². The van der Waals surface area contributed by atoms with E-state index in [9.17, 15) is 0 Å². The molecule has 8 nitrogen and oxygen atoms in total. The van der Waals surface area contributed by atoms with E-state index in [0.717, 1.165) is 49.0 Å². The van der Waals surface area contributed by atoms with E-state index < -0.39 is 0 Å². The van der Waals surface area contributed by atoms with Crippen LogP contribution in [0, 0.1) is 6.92 Å². The first kappa shape index (κ1) is 24.2. The molecule has 10 heteroatoms. The monoisotopic (exact) mass is 567 g/mol. The van der Waals surface area contributed by atoms with Crippen molar-refractivity contribution < 1.29 is 4.52 Å². The number of benzene rings is 1. The Hall–Kier alpha value is -2.40. The highest BCUT2D eigenvalue weighted by Gasteiger charge is 2.21. The molecule has 0 radical (unpaired) electrons. The van der Waals surface area contributed by atoms with Gasteiger partial charge in [-0.3, -0.25) is 4.99 Å². The van der Waals surface area contributed by atoms with Crippen molar-refractivity contribution in [3.8, 4) is 11.4 Å². The van der Waals surface area contributed by atoms with Gasteiger partial charge in [-0.25, -0.2) is 4.98 Å². The molecule has 1 aromatic carbocycles. The van der Waals surface area contributed by atoms with E-state index in [1.54, 1.807) is 7.05 Å². The second kappa shape index (κ2) is 11.5. The maximum Gasteiger partial charge on any atom is 0.246 e. The maximum absolute atomic E-state index is 6.04. The Morgan fingerprint density at radius 2 is 1.97 bits per heavy atom. The number of pyridine rings is 1. The average molecular weight is 568 g/mol. The molecule has 2 aromatic heterocycles. The summed E-state index contributed by atoms with van der Waals surface area (Å²) in [6, 6.07) is 13.9. The Morgan fingerprint density at radius 3 is 2.69 bits per heavy atom. The number of aliphatic imine (C=N–C) groups is 1. The SMILES string of the molecule is CN=C(NCc1nc(-c2cccc(Cl)c2)no1)NC1CCN(c2cccc(C)n2)CC1.I. The zero-order valence-corrected chi connectivity index (χ0v) is 21.2. The van der Waals surface area contributed by atoms with Gasteiger partial charge in [0.1, 0.15) is 5.82 Å². The third-order valence-corrected chi connectivity index (χ3v) is 5.45. The Morgan fingerprint density at radius 1 is 1.19 bits per heavy atom. The smallest absolute Gasteiger partial charge is 0.246 e. The second-order valence-corrected chi connectivity index (χ2v) is 7.93. The highest BCUT2D eigenvalue weighted by molar-refractivity contribution is 14.0. The number of piperidine rings is 1. The summed E-state index contributed by atoms with van der Waals surface area (Å²) in [5, 5.41) is 11.4. The zero-order chi connectivity index (χ0) is 21.6. The van der Waals surface area contributed by atoms with E-state index in [-0.39, 0.29) is 24.0 Å². The van der Waals surface area contributed by atoms with Gasteiger partial charge in [0.2, 0.25) is 11.7 Å². The minimum atomic E-state index is 0. The summed E-state index contributed by atoms with van der Waals surface area (Å²) in [5.74, 6) is 2.76. The van der Waals surface area contributed by atoms with Crippen molar-refractivity contribution in [3.05, 3.63) is 59.1 Å². The molecule has 1 saturated heterocycles. The Kier molecular flexibility index (Phi) is 8.68. The lowest BCUT2D eigenvalue weighted by molar-refractivity contribution is 0.374. The van der Waals surface area contributed by atoms with Gasteiger partial charge in [0.25, 0.3) is 0 Å². The van der Waals surface area contributed by atoms with Crippen LogP contribution in [0.15, 0.2) is 52.0 Å². The van der Waals surface area contributed by atoms with Crippen LogP contribution < -0.4 is 15.5 Å². The lowest BCUT2D eigenvalue weighted by Crippen LogP contribution is -2.48. The Bertz CT molecular complexity index is 1050. The molecule has 0 aliphatic carbocycles. The standard InChI is InChI=1S/C22H26ClN7O.HI/c1-15-5-3-8-19(26-15)30-11-9-18(10-12-30)27-22(24-2)25-14-20-28-21(29-31-20)16-6-4-7-17(23)13-16;/h3-8,13,18H,9-12,14H2,1-2H3,(H2,24,25,27);1H. The lowest BCUT2D eigenvalue weighted by atomic mass is 10.1. The van der Waals surface area contributed by atoms with Crippen LogP contribution in [-0.4, -0.2) is 47.3 Å². The van der Waals surface area contributed by atoms with Gasteiger partial charge in [0.15, 0.2) is 5.96 Å². The number of aryl methyl sites for hydroxylation is 1.